The molecule has 1 rings (SSSR count). The largest absolute Gasteiger partial charge is 0.380 e. The maximum Gasteiger partial charge on any atom is 0.247 e. The second kappa shape index (κ2) is 7.75. The molecule has 0 radical (unpaired) electrons. The van der Waals surface area contributed by atoms with Gasteiger partial charge in [0, 0.05) is 19.4 Å². The highest BCUT2D eigenvalue weighted by Gasteiger charge is 2.36. The van der Waals surface area contributed by atoms with E-state index in [2.05, 4.69) is 16.9 Å². The maximum absolute atomic E-state index is 12.1. The number of hydrogen-bond donors (Lipinski definition) is 1. The number of hydrogen-bond acceptors (Lipinski definition) is 5. The van der Waals surface area contributed by atoms with Gasteiger partial charge in [0.1, 0.15) is 0 Å². The van der Waals surface area contributed by atoms with Gasteiger partial charge >= 0.3 is 0 Å². The molecule has 1 heterocycles. The molecule has 1 unspecified atom stereocenters. The number of carbonyl (C=O) groups excluding carboxylic acids is 2. The van der Waals surface area contributed by atoms with Crippen molar-refractivity contribution in [2.45, 2.75) is 6.92 Å². The summed E-state index contributed by atoms with van der Waals surface area (Å²) in [5, 5.41) is 2.58. The Kier molecular flexibility index (Phi) is 6.31. The molecule has 104 valence electrons. The number of aliphatic imine (C=N–C) groups is 1. The standard InChI is InChI=1S/C12H17N3O3S/c1-3-6-15-11(17)9(10(16)14-12(15)19)8-13-5-7-18-4-2/h3,8-9H,1,4-7H2,2H3,(H,14,16,19). The van der Waals surface area contributed by atoms with E-state index in [1.807, 2.05) is 6.92 Å². The highest BCUT2D eigenvalue weighted by molar-refractivity contribution is 7.80. The minimum Gasteiger partial charge on any atom is -0.380 e. The first-order valence-electron chi connectivity index (χ1n) is 5.96. The van der Waals surface area contributed by atoms with Crippen molar-refractivity contribution in [2.24, 2.45) is 10.9 Å². The quantitative estimate of drug-likeness (QED) is 0.237. The fraction of sp³-hybridized carbons (Fsp3) is 0.500. The van der Waals surface area contributed by atoms with Crippen molar-refractivity contribution < 1.29 is 14.3 Å². The normalized spacial score (nSPS) is 19.9. The first kappa shape index (κ1) is 15.5. The monoisotopic (exact) mass is 283 g/mol. The molecule has 7 heteroatoms. The molecule has 0 aliphatic carbocycles. The molecule has 0 aromatic heterocycles. The van der Waals surface area contributed by atoms with Crippen molar-refractivity contribution in [3.63, 3.8) is 0 Å². The number of amides is 2. The number of rotatable bonds is 7. The summed E-state index contributed by atoms with van der Waals surface area (Å²) in [6, 6.07) is 0. The highest BCUT2D eigenvalue weighted by Crippen LogP contribution is 2.09. The Morgan fingerprint density at radius 2 is 2.32 bits per heavy atom. The van der Waals surface area contributed by atoms with Gasteiger partial charge in [0.25, 0.3) is 0 Å². The Morgan fingerprint density at radius 3 is 2.95 bits per heavy atom. The van der Waals surface area contributed by atoms with Crippen LogP contribution in [-0.2, 0) is 14.3 Å². The average Bonchev–Trinajstić information content (AvgIpc) is 2.37. The van der Waals surface area contributed by atoms with Crippen LogP contribution in [0.25, 0.3) is 0 Å². The van der Waals surface area contributed by atoms with Gasteiger partial charge in [-0.2, -0.15) is 0 Å². The Hall–Kier alpha value is -1.60. The van der Waals surface area contributed by atoms with E-state index in [-0.39, 0.29) is 17.6 Å². The summed E-state index contributed by atoms with van der Waals surface area (Å²) in [6.45, 7) is 7.18. The lowest BCUT2D eigenvalue weighted by molar-refractivity contribution is -0.137. The van der Waals surface area contributed by atoms with E-state index in [1.54, 1.807) is 6.08 Å². The van der Waals surface area contributed by atoms with Gasteiger partial charge in [0.2, 0.25) is 11.8 Å². The third kappa shape index (κ3) is 4.22. The second-order valence-corrected chi connectivity index (χ2v) is 4.15. The molecule has 0 spiro atoms. The van der Waals surface area contributed by atoms with Crippen LogP contribution in [0.3, 0.4) is 0 Å². The molecule has 1 aliphatic heterocycles. The van der Waals surface area contributed by atoms with Crippen molar-refractivity contribution >= 4 is 35.4 Å². The van der Waals surface area contributed by atoms with E-state index >= 15 is 0 Å². The highest BCUT2D eigenvalue weighted by atomic mass is 32.1. The average molecular weight is 283 g/mol. The van der Waals surface area contributed by atoms with Crippen LogP contribution >= 0.6 is 12.2 Å². The predicted octanol–water partition coefficient (Wildman–Crippen LogP) is 0.139. The van der Waals surface area contributed by atoms with Crippen LogP contribution in [0, 0.1) is 5.92 Å². The molecule has 1 aliphatic rings. The van der Waals surface area contributed by atoms with Crippen molar-refractivity contribution in [3.05, 3.63) is 12.7 Å². The van der Waals surface area contributed by atoms with Gasteiger partial charge in [0.15, 0.2) is 11.0 Å². The Balaban J connectivity index is 2.65. The molecular weight excluding hydrogens is 266 g/mol. The molecule has 0 saturated carbocycles. The van der Waals surface area contributed by atoms with E-state index in [9.17, 15) is 9.59 Å². The Morgan fingerprint density at radius 1 is 1.58 bits per heavy atom. The molecule has 0 aromatic rings. The molecule has 1 N–H and O–H groups in total. The Bertz CT molecular complexity index is 409. The van der Waals surface area contributed by atoms with Gasteiger partial charge in [0.05, 0.1) is 13.2 Å². The fourth-order valence-electron chi connectivity index (χ4n) is 1.51. The van der Waals surface area contributed by atoms with E-state index < -0.39 is 11.8 Å². The van der Waals surface area contributed by atoms with E-state index in [1.165, 1.54) is 11.1 Å². The van der Waals surface area contributed by atoms with Crippen molar-refractivity contribution in [1.29, 1.82) is 0 Å². The van der Waals surface area contributed by atoms with Crippen LogP contribution in [0.4, 0.5) is 0 Å². The van der Waals surface area contributed by atoms with Gasteiger partial charge < -0.3 is 10.1 Å². The van der Waals surface area contributed by atoms with E-state index in [0.29, 0.717) is 19.8 Å². The summed E-state index contributed by atoms with van der Waals surface area (Å²) in [5.41, 5.74) is 0. The number of thiocarbonyl (C=S) groups is 1. The van der Waals surface area contributed by atoms with Crippen molar-refractivity contribution in [2.75, 3.05) is 26.3 Å². The summed E-state index contributed by atoms with van der Waals surface area (Å²) < 4.78 is 5.11. The maximum atomic E-state index is 12.1. The molecular formula is C12H17N3O3S. The number of nitrogens with zero attached hydrogens (tertiary/aromatic N) is 2. The van der Waals surface area contributed by atoms with Crippen molar-refractivity contribution in [3.8, 4) is 0 Å². The minimum atomic E-state index is -0.937. The third-order valence-corrected chi connectivity index (χ3v) is 2.75. The molecule has 19 heavy (non-hydrogen) atoms. The molecule has 1 atom stereocenters. The molecule has 6 nitrogen and oxygen atoms in total. The molecule has 1 fully saturated rings. The topological polar surface area (TPSA) is 71.0 Å². The van der Waals surface area contributed by atoms with Crippen LogP contribution < -0.4 is 5.32 Å². The lowest BCUT2D eigenvalue weighted by Crippen LogP contribution is -2.58. The zero-order valence-corrected chi connectivity index (χ0v) is 11.6. The zero-order chi connectivity index (χ0) is 14.3. The van der Waals surface area contributed by atoms with Gasteiger partial charge in [-0.15, -0.1) is 6.58 Å². The van der Waals surface area contributed by atoms with Crippen molar-refractivity contribution in [1.82, 2.24) is 10.2 Å². The van der Waals surface area contributed by atoms with Crippen LogP contribution in [-0.4, -0.2) is 54.3 Å². The summed E-state index contributed by atoms with van der Waals surface area (Å²) in [7, 11) is 0. The summed E-state index contributed by atoms with van der Waals surface area (Å²) >= 11 is 4.93. The summed E-state index contributed by atoms with van der Waals surface area (Å²) in [4.78, 5) is 29.1. The smallest absolute Gasteiger partial charge is 0.247 e. The van der Waals surface area contributed by atoms with Crippen LogP contribution in [0.15, 0.2) is 17.6 Å². The fourth-order valence-corrected chi connectivity index (χ4v) is 1.77. The summed E-state index contributed by atoms with van der Waals surface area (Å²) in [5.74, 6) is -1.77. The van der Waals surface area contributed by atoms with Gasteiger partial charge in [-0.25, -0.2) is 0 Å². The third-order valence-electron chi connectivity index (χ3n) is 2.42. The molecule has 2 amide bonds. The molecule has 0 aromatic carbocycles. The predicted molar refractivity (Wildman–Crippen MR) is 76.0 cm³/mol. The number of nitrogens with one attached hydrogen (secondary N) is 1. The Labute approximate surface area is 117 Å². The zero-order valence-electron chi connectivity index (χ0n) is 10.8. The van der Waals surface area contributed by atoms with Gasteiger partial charge in [-0.3, -0.25) is 19.5 Å². The molecule has 1 saturated heterocycles. The van der Waals surface area contributed by atoms with E-state index in [4.69, 9.17) is 17.0 Å². The summed E-state index contributed by atoms with van der Waals surface area (Å²) in [6.07, 6.45) is 2.89. The van der Waals surface area contributed by atoms with Crippen LogP contribution in [0.5, 0.6) is 0 Å². The van der Waals surface area contributed by atoms with Gasteiger partial charge in [-0.05, 0) is 19.1 Å². The first-order chi connectivity index (χ1) is 9.11. The van der Waals surface area contributed by atoms with Crippen LogP contribution in [0.2, 0.25) is 0 Å². The van der Waals surface area contributed by atoms with E-state index in [0.717, 1.165) is 0 Å². The number of carbonyl (C=O) groups is 2. The molecule has 0 bridgehead atoms. The lowest BCUT2D eigenvalue weighted by Gasteiger charge is -2.29. The van der Waals surface area contributed by atoms with Crippen LogP contribution in [0.1, 0.15) is 6.92 Å². The second-order valence-electron chi connectivity index (χ2n) is 3.76. The number of ether oxygens (including phenoxy) is 1. The first-order valence-corrected chi connectivity index (χ1v) is 6.37. The van der Waals surface area contributed by atoms with Gasteiger partial charge in [-0.1, -0.05) is 6.08 Å². The lowest BCUT2D eigenvalue weighted by atomic mass is 10.1. The SMILES string of the molecule is C=CCN1C(=O)C(C=NCCOCC)C(=O)NC1=S. The minimum absolute atomic E-state index is 0.105.